The van der Waals surface area contributed by atoms with Crippen LogP contribution >= 0.6 is 0 Å². The number of para-hydroxylation sites is 1. The van der Waals surface area contributed by atoms with Crippen molar-refractivity contribution >= 4 is 17.2 Å². The maximum atomic E-state index is 6.34. The number of hydrogen-bond acceptors (Lipinski definition) is 3. The first-order chi connectivity index (χ1) is 9.47. The standard InChI is InChI=1S/C16H24N4/c1-6-20(13-10-8-7-9-12(13)4)16-14(17)15(11(2)3)18-19(16)5/h7-11H,6,17H2,1-5H3. The Morgan fingerprint density at radius 2 is 1.95 bits per heavy atom. The zero-order valence-corrected chi connectivity index (χ0v) is 13.0. The number of rotatable bonds is 4. The third-order valence-corrected chi connectivity index (χ3v) is 3.61. The highest BCUT2D eigenvalue weighted by molar-refractivity contribution is 5.75. The molecule has 0 aliphatic heterocycles. The Kier molecular flexibility index (Phi) is 4.02. The van der Waals surface area contributed by atoms with Gasteiger partial charge < -0.3 is 10.6 Å². The number of nitrogens with two attached hydrogens (primary N) is 1. The summed E-state index contributed by atoms with van der Waals surface area (Å²) >= 11 is 0. The average Bonchev–Trinajstić information content (AvgIpc) is 2.70. The van der Waals surface area contributed by atoms with E-state index < -0.39 is 0 Å². The largest absolute Gasteiger partial charge is 0.394 e. The van der Waals surface area contributed by atoms with Gasteiger partial charge in [-0.15, -0.1) is 0 Å². The van der Waals surface area contributed by atoms with Gasteiger partial charge in [-0.1, -0.05) is 32.0 Å². The molecule has 0 saturated carbocycles. The van der Waals surface area contributed by atoms with E-state index >= 15 is 0 Å². The van der Waals surface area contributed by atoms with E-state index in [1.54, 1.807) is 0 Å². The summed E-state index contributed by atoms with van der Waals surface area (Å²) in [5.74, 6) is 1.30. The molecule has 0 bridgehead atoms. The van der Waals surface area contributed by atoms with Gasteiger partial charge in [0.15, 0.2) is 5.82 Å². The second-order valence-electron chi connectivity index (χ2n) is 5.43. The second-order valence-corrected chi connectivity index (χ2v) is 5.43. The van der Waals surface area contributed by atoms with E-state index in [-0.39, 0.29) is 0 Å². The minimum absolute atomic E-state index is 0.325. The van der Waals surface area contributed by atoms with Crippen LogP contribution in [0.25, 0.3) is 0 Å². The summed E-state index contributed by atoms with van der Waals surface area (Å²) in [4.78, 5) is 2.23. The lowest BCUT2D eigenvalue weighted by molar-refractivity contribution is 0.706. The molecule has 4 nitrogen and oxygen atoms in total. The highest BCUT2D eigenvalue weighted by Crippen LogP contribution is 2.35. The van der Waals surface area contributed by atoms with E-state index in [0.29, 0.717) is 5.92 Å². The number of nitrogens with zero attached hydrogens (tertiary/aromatic N) is 3. The maximum Gasteiger partial charge on any atom is 0.154 e. The molecule has 2 N–H and O–H groups in total. The van der Waals surface area contributed by atoms with Crippen molar-refractivity contribution in [1.29, 1.82) is 0 Å². The summed E-state index contributed by atoms with van der Waals surface area (Å²) in [6.45, 7) is 9.34. The molecule has 4 heteroatoms. The molecule has 0 fully saturated rings. The van der Waals surface area contributed by atoms with Crippen molar-refractivity contribution in [2.45, 2.75) is 33.6 Å². The number of benzene rings is 1. The topological polar surface area (TPSA) is 47.1 Å². The second kappa shape index (κ2) is 5.57. The van der Waals surface area contributed by atoms with E-state index in [0.717, 1.165) is 23.7 Å². The zero-order valence-electron chi connectivity index (χ0n) is 13.0. The summed E-state index contributed by atoms with van der Waals surface area (Å²) in [6, 6.07) is 8.36. The van der Waals surface area contributed by atoms with Crippen LogP contribution < -0.4 is 10.6 Å². The Morgan fingerprint density at radius 1 is 1.30 bits per heavy atom. The van der Waals surface area contributed by atoms with Gasteiger partial charge in [-0.25, -0.2) is 0 Å². The van der Waals surface area contributed by atoms with E-state index in [4.69, 9.17) is 5.73 Å². The highest BCUT2D eigenvalue weighted by atomic mass is 15.4. The Labute approximate surface area is 121 Å². The van der Waals surface area contributed by atoms with Crippen LogP contribution in [0.5, 0.6) is 0 Å². The summed E-state index contributed by atoms with van der Waals surface area (Å²) < 4.78 is 1.89. The van der Waals surface area contributed by atoms with Crippen molar-refractivity contribution in [2.75, 3.05) is 17.2 Å². The van der Waals surface area contributed by atoms with Gasteiger partial charge in [0.05, 0.1) is 11.4 Å². The van der Waals surface area contributed by atoms with Crippen LogP contribution in [0.4, 0.5) is 17.2 Å². The lowest BCUT2D eigenvalue weighted by atomic mass is 10.1. The Bertz CT molecular complexity index is 599. The molecule has 0 atom stereocenters. The van der Waals surface area contributed by atoms with Crippen molar-refractivity contribution in [3.63, 3.8) is 0 Å². The summed E-state index contributed by atoms with van der Waals surface area (Å²) in [6.07, 6.45) is 0. The molecule has 2 aromatic rings. The molecule has 20 heavy (non-hydrogen) atoms. The van der Waals surface area contributed by atoms with Crippen LogP contribution in [0.1, 0.15) is 37.9 Å². The van der Waals surface area contributed by atoms with Gasteiger partial charge in [0, 0.05) is 19.3 Å². The van der Waals surface area contributed by atoms with Gasteiger partial charge in [0.1, 0.15) is 0 Å². The maximum absolute atomic E-state index is 6.34. The van der Waals surface area contributed by atoms with Crippen molar-refractivity contribution in [3.05, 3.63) is 35.5 Å². The minimum atomic E-state index is 0.325. The van der Waals surface area contributed by atoms with Crippen LogP contribution in [0, 0.1) is 6.92 Å². The fraction of sp³-hybridized carbons (Fsp3) is 0.438. The van der Waals surface area contributed by atoms with E-state index in [1.165, 1.54) is 11.3 Å². The number of nitrogen functional groups attached to an aromatic ring is 1. The highest BCUT2D eigenvalue weighted by Gasteiger charge is 2.21. The van der Waals surface area contributed by atoms with E-state index in [9.17, 15) is 0 Å². The van der Waals surface area contributed by atoms with Gasteiger partial charge in [0.2, 0.25) is 0 Å². The van der Waals surface area contributed by atoms with Crippen molar-refractivity contribution in [1.82, 2.24) is 9.78 Å². The smallest absolute Gasteiger partial charge is 0.154 e. The quantitative estimate of drug-likeness (QED) is 0.925. The average molecular weight is 272 g/mol. The van der Waals surface area contributed by atoms with Crippen molar-refractivity contribution < 1.29 is 0 Å². The normalized spacial score (nSPS) is 11.1. The number of aryl methyl sites for hydroxylation is 2. The molecule has 0 amide bonds. The summed E-state index contributed by atoms with van der Waals surface area (Å²) in [5.41, 5.74) is 10.5. The van der Waals surface area contributed by atoms with Crippen LogP contribution in [0.15, 0.2) is 24.3 Å². The molecule has 1 heterocycles. The molecule has 108 valence electrons. The molecule has 0 aliphatic rings. The number of hydrogen-bond donors (Lipinski definition) is 1. The Hall–Kier alpha value is -1.97. The molecule has 2 rings (SSSR count). The van der Waals surface area contributed by atoms with Crippen molar-refractivity contribution in [3.8, 4) is 0 Å². The molecular formula is C16H24N4. The fourth-order valence-corrected chi connectivity index (χ4v) is 2.60. The van der Waals surface area contributed by atoms with Gasteiger partial charge in [-0.05, 0) is 31.4 Å². The first kappa shape index (κ1) is 14.4. The third-order valence-electron chi connectivity index (χ3n) is 3.61. The number of anilines is 3. The van der Waals surface area contributed by atoms with Gasteiger partial charge in [-0.2, -0.15) is 5.10 Å². The van der Waals surface area contributed by atoms with Crippen LogP contribution in [0.3, 0.4) is 0 Å². The van der Waals surface area contributed by atoms with Gasteiger partial charge >= 0.3 is 0 Å². The Morgan fingerprint density at radius 3 is 2.45 bits per heavy atom. The SMILES string of the molecule is CCN(c1ccccc1C)c1c(N)c(C(C)C)nn1C. The van der Waals surface area contributed by atoms with Crippen LogP contribution in [0.2, 0.25) is 0 Å². The van der Waals surface area contributed by atoms with Crippen LogP contribution in [-0.2, 0) is 7.05 Å². The molecule has 0 saturated heterocycles. The molecule has 0 radical (unpaired) electrons. The first-order valence-corrected chi connectivity index (χ1v) is 7.12. The van der Waals surface area contributed by atoms with Crippen molar-refractivity contribution in [2.24, 2.45) is 7.05 Å². The third kappa shape index (κ3) is 2.38. The fourth-order valence-electron chi connectivity index (χ4n) is 2.60. The lowest BCUT2D eigenvalue weighted by Gasteiger charge is -2.25. The van der Waals surface area contributed by atoms with E-state index in [2.05, 4.69) is 62.0 Å². The lowest BCUT2D eigenvalue weighted by Crippen LogP contribution is -2.21. The van der Waals surface area contributed by atoms with Gasteiger partial charge in [0.25, 0.3) is 0 Å². The summed E-state index contributed by atoms with van der Waals surface area (Å²) in [5, 5.41) is 4.58. The minimum Gasteiger partial charge on any atom is -0.394 e. The Balaban J connectivity index is 2.56. The zero-order chi connectivity index (χ0) is 14.9. The first-order valence-electron chi connectivity index (χ1n) is 7.12. The molecule has 1 aromatic heterocycles. The molecule has 0 spiro atoms. The molecule has 1 aromatic carbocycles. The van der Waals surface area contributed by atoms with Crippen LogP contribution in [-0.4, -0.2) is 16.3 Å². The number of aromatic nitrogens is 2. The predicted molar refractivity (Wildman–Crippen MR) is 85.6 cm³/mol. The predicted octanol–water partition coefficient (Wildman–Crippen LogP) is 3.59. The molecular weight excluding hydrogens is 248 g/mol. The van der Waals surface area contributed by atoms with E-state index in [1.807, 2.05) is 11.7 Å². The summed E-state index contributed by atoms with van der Waals surface area (Å²) in [7, 11) is 1.96. The molecule has 0 unspecified atom stereocenters. The monoisotopic (exact) mass is 272 g/mol. The van der Waals surface area contributed by atoms with Gasteiger partial charge in [-0.3, -0.25) is 4.68 Å². The molecule has 0 aliphatic carbocycles.